The molecule has 4 rings (SSSR count). The molecule has 5 heteroatoms. The van der Waals surface area contributed by atoms with Gasteiger partial charge < -0.3 is 14.4 Å². The summed E-state index contributed by atoms with van der Waals surface area (Å²) in [6, 6.07) is 13.4. The van der Waals surface area contributed by atoms with Gasteiger partial charge in [0, 0.05) is 54.0 Å². The molecular formula is C21H24N2O3. The van der Waals surface area contributed by atoms with Crippen molar-refractivity contribution in [2.75, 3.05) is 26.3 Å². The van der Waals surface area contributed by atoms with Crippen LogP contribution in [0.25, 0.3) is 0 Å². The first kappa shape index (κ1) is 17.0. The molecule has 2 saturated heterocycles. The fourth-order valence-electron chi connectivity index (χ4n) is 3.98. The van der Waals surface area contributed by atoms with Crippen LogP contribution < -0.4 is 4.74 Å². The van der Waals surface area contributed by atoms with E-state index in [0.717, 1.165) is 29.2 Å². The lowest BCUT2D eigenvalue weighted by Gasteiger charge is -2.20. The van der Waals surface area contributed by atoms with E-state index < -0.39 is 0 Å². The SMILES string of the molecule is Cc1cc(OC[C@H]2CO[C@@H]3CN(C(=O)c4ccccc4)C[C@H]23)cc(C)n1. The highest BCUT2D eigenvalue weighted by Gasteiger charge is 2.45. The normalized spacial score (nSPS) is 24.5. The smallest absolute Gasteiger partial charge is 0.253 e. The van der Waals surface area contributed by atoms with Crippen LogP contribution in [0.4, 0.5) is 0 Å². The van der Waals surface area contributed by atoms with Crippen LogP contribution in [0.3, 0.4) is 0 Å². The number of aromatic nitrogens is 1. The predicted molar refractivity (Wildman–Crippen MR) is 98.3 cm³/mol. The van der Waals surface area contributed by atoms with Crippen LogP contribution in [-0.2, 0) is 4.74 Å². The number of ether oxygens (including phenoxy) is 2. The van der Waals surface area contributed by atoms with Crippen molar-refractivity contribution in [3.63, 3.8) is 0 Å². The van der Waals surface area contributed by atoms with Crippen molar-refractivity contribution in [1.29, 1.82) is 0 Å². The number of amides is 1. The Balaban J connectivity index is 1.38. The number of rotatable bonds is 4. The molecule has 0 N–H and O–H groups in total. The van der Waals surface area contributed by atoms with E-state index in [4.69, 9.17) is 9.47 Å². The second kappa shape index (κ2) is 7.08. The van der Waals surface area contributed by atoms with Gasteiger partial charge in [0.15, 0.2) is 0 Å². The third-order valence-electron chi connectivity index (χ3n) is 5.27. The summed E-state index contributed by atoms with van der Waals surface area (Å²) in [4.78, 5) is 19.0. The van der Waals surface area contributed by atoms with Crippen LogP contribution in [0.1, 0.15) is 21.7 Å². The van der Waals surface area contributed by atoms with Crippen molar-refractivity contribution in [2.45, 2.75) is 20.0 Å². The Hall–Kier alpha value is -2.40. The van der Waals surface area contributed by atoms with Gasteiger partial charge in [-0.3, -0.25) is 9.78 Å². The molecule has 0 radical (unpaired) electrons. The van der Waals surface area contributed by atoms with E-state index in [1.807, 2.05) is 61.2 Å². The molecular weight excluding hydrogens is 328 g/mol. The molecule has 26 heavy (non-hydrogen) atoms. The Morgan fingerprint density at radius 1 is 1.19 bits per heavy atom. The van der Waals surface area contributed by atoms with Crippen molar-refractivity contribution >= 4 is 5.91 Å². The van der Waals surface area contributed by atoms with Crippen molar-refractivity contribution in [3.8, 4) is 5.75 Å². The van der Waals surface area contributed by atoms with E-state index in [-0.39, 0.29) is 12.0 Å². The number of hydrogen-bond donors (Lipinski definition) is 0. The van der Waals surface area contributed by atoms with E-state index in [1.165, 1.54) is 0 Å². The maximum Gasteiger partial charge on any atom is 0.253 e. The minimum atomic E-state index is 0.0867. The molecule has 136 valence electrons. The summed E-state index contributed by atoms with van der Waals surface area (Å²) >= 11 is 0. The number of likely N-dealkylation sites (tertiary alicyclic amines) is 1. The van der Waals surface area contributed by atoms with Crippen LogP contribution in [0.2, 0.25) is 0 Å². The van der Waals surface area contributed by atoms with Crippen molar-refractivity contribution in [1.82, 2.24) is 9.88 Å². The van der Waals surface area contributed by atoms with Gasteiger partial charge in [-0.15, -0.1) is 0 Å². The minimum absolute atomic E-state index is 0.0867. The number of pyridine rings is 1. The first-order valence-electron chi connectivity index (χ1n) is 9.14. The van der Waals surface area contributed by atoms with Gasteiger partial charge in [0.05, 0.1) is 19.3 Å². The lowest BCUT2D eigenvalue weighted by atomic mass is 9.94. The Morgan fingerprint density at radius 2 is 1.92 bits per heavy atom. The van der Waals surface area contributed by atoms with Crippen molar-refractivity contribution in [3.05, 3.63) is 59.4 Å². The van der Waals surface area contributed by atoms with Crippen LogP contribution in [0, 0.1) is 25.7 Å². The van der Waals surface area contributed by atoms with Gasteiger partial charge in [0.25, 0.3) is 5.91 Å². The van der Waals surface area contributed by atoms with Gasteiger partial charge in [-0.2, -0.15) is 0 Å². The maximum atomic E-state index is 12.7. The van der Waals surface area contributed by atoms with Gasteiger partial charge in [0.1, 0.15) is 5.75 Å². The zero-order chi connectivity index (χ0) is 18.1. The van der Waals surface area contributed by atoms with E-state index >= 15 is 0 Å². The summed E-state index contributed by atoms with van der Waals surface area (Å²) in [5.41, 5.74) is 2.66. The highest BCUT2D eigenvalue weighted by Crippen LogP contribution is 2.34. The summed E-state index contributed by atoms with van der Waals surface area (Å²) in [5, 5.41) is 0. The molecule has 0 aliphatic carbocycles. The molecule has 0 unspecified atom stereocenters. The molecule has 0 bridgehead atoms. The number of nitrogens with zero attached hydrogens (tertiary/aromatic N) is 2. The average molecular weight is 352 g/mol. The number of fused-ring (bicyclic) bond motifs is 1. The summed E-state index contributed by atoms with van der Waals surface area (Å²) in [6.07, 6.45) is 0.122. The molecule has 2 aliphatic rings. The summed E-state index contributed by atoms with van der Waals surface area (Å²) < 4.78 is 12.0. The number of aryl methyl sites for hydroxylation is 2. The van der Waals surface area contributed by atoms with Crippen LogP contribution in [0.15, 0.2) is 42.5 Å². The summed E-state index contributed by atoms with van der Waals surface area (Å²) in [6.45, 7) is 6.66. The Bertz CT molecular complexity index is 773. The van der Waals surface area contributed by atoms with Gasteiger partial charge in [-0.1, -0.05) is 18.2 Å². The molecule has 2 fully saturated rings. The molecule has 3 heterocycles. The zero-order valence-electron chi connectivity index (χ0n) is 15.2. The van der Waals surface area contributed by atoms with Crippen molar-refractivity contribution < 1.29 is 14.3 Å². The third-order valence-corrected chi connectivity index (χ3v) is 5.27. The van der Waals surface area contributed by atoms with Crippen molar-refractivity contribution in [2.24, 2.45) is 11.8 Å². The van der Waals surface area contributed by atoms with Gasteiger partial charge in [-0.05, 0) is 26.0 Å². The second-order valence-corrected chi connectivity index (χ2v) is 7.27. The number of hydrogen-bond acceptors (Lipinski definition) is 4. The lowest BCUT2D eigenvalue weighted by Crippen LogP contribution is -2.32. The Labute approximate surface area is 153 Å². The maximum absolute atomic E-state index is 12.7. The van der Waals surface area contributed by atoms with Gasteiger partial charge in [-0.25, -0.2) is 0 Å². The second-order valence-electron chi connectivity index (χ2n) is 7.27. The molecule has 5 nitrogen and oxygen atoms in total. The highest BCUT2D eigenvalue weighted by atomic mass is 16.5. The molecule has 2 aromatic rings. The van der Waals surface area contributed by atoms with E-state index in [0.29, 0.717) is 31.6 Å². The van der Waals surface area contributed by atoms with E-state index in [2.05, 4.69) is 4.98 Å². The zero-order valence-corrected chi connectivity index (χ0v) is 15.2. The van der Waals surface area contributed by atoms with E-state index in [9.17, 15) is 4.79 Å². The lowest BCUT2D eigenvalue weighted by molar-refractivity contribution is 0.0661. The summed E-state index contributed by atoms with van der Waals surface area (Å²) in [7, 11) is 0. The monoisotopic (exact) mass is 352 g/mol. The predicted octanol–water partition coefficient (Wildman–Crippen LogP) is 2.86. The largest absolute Gasteiger partial charge is 0.493 e. The topological polar surface area (TPSA) is 51.7 Å². The molecule has 1 amide bonds. The number of benzene rings is 1. The van der Waals surface area contributed by atoms with Crippen LogP contribution in [-0.4, -0.2) is 48.2 Å². The average Bonchev–Trinajstić information content (AvgIpc) is 3.20. The molecule has 2 aliphatic heterocycles. The molecule has 1 aromatic heterocycles. The fourth-order valence-corrected chi connectivity index (χ4v) is 3.98. The molecule has 3 atom stereocenters. The highest BCUT2D eigenvalue weighted by molar-refractivity contribution is 5.94. The fraction of sp³-hybridized carbons (Fsp3) is 0.429. The summed E-state index contributed by atoms with van der Waals surface area (Å²) in [5.74, 6) is 1.59. The van der Waals surface area contributed by atoms with E-state index in [1.54, 1.807) is 0 Å². The third kappa shape index (κ3) is 3.44. The van der Waals surface area contributed by atoms with Gasteiger partial charge in [0.2, 0.25) is 0 Å². The number of carbonyl (C=O) groups is 1. The van der Waals surface area contributed by atoms with Crippen LogP contribution >= 0.6 is 0 Å². The Morgan fingerprint density at radius 3 is 2.65 bits per heavy atom. The number of carbonyl (C=O) groups excluding carboxylic acids is 1. The standard InChI is InChI=1S/C21H24N2O3/c1-14-8-18(9-15(2)22-14)25-12-17-13-26-20-11-23(10-19(17)20)21(24)16-6-4-3-5-7-16/h3-9,17,19-20H,10-13H2,1-2H3/t17-,19+,20+/m0/s1. The first-order valence-corrected chi connectivity index (χ1v) is 9.14. The molecule has 0 saturated carbocycles. The Kier molecular flexibility index (Phi) is 4.64. The first-order chi connectivity index (χ1) is 12.6. The van der Waals surface area contributed by atoms with Gasteiger partial charge >= 0.3 is 0 Å². The molecule has 0 spiro atoms. The van der Waals surface area contributed by atoms with Crippen LogP contribution in [0.5, 0.6) is 5.75 Å². The quantitative estimate of drug-likeness (QED) is 0.849. The minimum Gasteiger partial charge on any atom is -0.493 e. The molecule has 1 aromatic carbocycles.